The minimum Gasteiger partial charge on any atom is -0.444 e. The number of aliphatic hydroxyl groups excluding tert-OH is 1. The molecular formula is C28H32ClN3O5. The summed E-state index contributed by atoms with van der Waals surface area (Å²) in [7, 11) is 0. The number of anilines is 1. The fourth-order valence-corrected chi connectivity index (χ4v) is 3.94. The lowest BCUT2D eigenvalue weighted by Gasteiger charge is -2.30. The lowest BCUT2D eigenvalue weighted by molar-refractivity contribution is -0.384. The van der Waals surface area contributed by atoms with Crippen LogP contribution in [-0.2, 0) is 16.8 Å². The van der Waals surface area contributed by atoms with Gasteiger partial charge < -0.3 is 20.5 Å². The van der Waals surface area contributed by atoms with Gasteiger partial charge in [0.05, 0.1) is 10.5 Å². The molecule has 0 aliphatic carbocycles. The first-order valence-electron chi connectivity index (χ1n) is 11.8. The number of ether oxygens (including phenoxy) is 1. The highest BCUT2D eigenvalue weighted by Crippen LogP contribution is 2.33. The molecule has 0 heterocycles. The van der Waals surface area contributed by atoms with E-state index in [4.69, 9.17) is 16.3 Å². The maximum absolute atomic E-state index is 12.4. The summed E-state index contributed by atoms with van der Waals surface area (Å²) in [5.41, 5.74) is 2.14. The number of carbonyl (C=O) groups is 1. The summed E-state index contributed by atoms with van der Waals surface area (Å²) < 4.78 is 5.40. The molecule has 0 bridgehead atoms. The van der Waals surface area contributed by atoms with Gasteiger partial charge in [-0.25, -0.2) is 4.79 Å². The zero-order valence-electron chi connectivity index (χ0n) is 21.5. The second-order valence-electron chi connectivity index (χ2n) is 10.3. The van der Waals surface area contributed by atoms with E-state index in [1.54, 1.807) is 57.2 Å². The molecule has 0 aliphatic heterocycles. The van der Waals surface area contributed by atoms with Crippen molar-refractivity contribution in [3.63, 3.8) is 0 Å². The number of halogens is 1. The van der Waals surface area contributed by atoms with Crippen molar-refractivity contribution in [1.29, 1.82) is 0 Å². The van der Waals surface area contributed by atoms with Crippen LogP contribution in [-0.4, -0.2) is 21.7 Å². The topological polar surface area (TPSA) is 114 Å². The van der Waals surface area contributed by atoms with Crippen LogP contribution in [0.4, 0.5) is 16.2 Å². The van der Waals surface area contributed by atoms with Crippen molar-refractivity contribution in [1.82, 2.24) is 5.32 Å². The smallest absolute Gasteiger partial charge is 0.408 e. The number of hydrogen-bond acceptors (Lipinski definition) is 6. The van der Waals surface area contributed by atoms with Gasteiger partial charge in [0.2, 0.25) is 0 Å². The molecule has 0 radical (unpaired) electrons. The molecule has 0 spiro atoms. The standard InChI is InChI=1S/C28H32ClN3O5/c1-27(2,3)37-26(34)31-28(4,5)20-8-6-7-19(15-20)25(33)23-16-21(29)11-14-24(23)30-17-18-9-12-22(13-10-18)32(35)36/h6-16,25,30,33H,17H2,1-5H3,(H,31,34). The van der Waals surface area contributed by atoms with Crippen molar-refractivity contribution in [3.05, 3.63) is 104 Å². The van der Waals surface area contributed by atoms with Crippen LogP contribution in [0.15, 0.2) is 66.7 Å². The molecule has 37 heavy (non-hydrogen) atoms. The molecule has 0 aromatic heterocycles. The highest BCUT2D eigenvalue weighted by molar-refractivity contribution is 6.30. The maximum atomic E-state index is 12.4. The van der Waals surface area contributed by atoms with Gasteiger partial charge in [0, 0.05) is 35.0 Å². The fourth-order valence-electron chi connectivity index (χ4n) is 3.76. The van der Waals surface area contributed by atoms with Crippen molar-refractivity contribution >= 4 is 29.1 Å². The first-order valence-corrected chi connectivity index (χ1v) is 12.2. The van der Waals surface area contributed by atoms with Crippen molar-refractivity contribution in [2.45, 2.75) is 58.4 Å². The average molecular weight is 526 g/mol. The van der Waals surface area contributed by atoms with Gasteiger partial charge in [0.1, 0.15) is 11.7 Å². The Labute approximate surface area is 221 Å². The molecule has 0 aliphatic rings. The van der Waals surface area contributed by atoms with Crippen LogP contribution in [0.3, 0.4) is 0 Å². The summed E-state index contributed by atoms with van der Waals surface area (Å²) in [6, 6.07) is 18.8. The Hall–Kier alpha value is -3.62. The first-order chi connectivity index (χ1) is 17.2. The first kappa shape index (κ1) is 28.0. The highest BCUT2D eigenvalue weighted by atomic mass is 35.5. The number of carbonyl (C=O) groups excluding carboxylic acids is 1. The van der Waals surface area contributed by atoms with Crippen molar-refractivity contribution in [3.8, 4) is 0 Å². The normalized spacial score (nSPS) is 12.5. The Bertz CT molecular complexity index is 1270. The van der Waals surface area contributed by atoms with Crippen LogP contribution in [0.1, 0.15) is 63.0 Å². The molecule has 1 unspecified atom stereocenters. The van der Waals surface area contributed by atoms with E-state index in [1.165, 1.54) is 12.1 Å². The van der Waals surface area contributed by atoms with Gasteiger partial charge in [0.15, 0.2) is 0 Å². The zero-order chi connectivity index (χ0) is 27.4. The molecule has 196 valence electrons. The number of nitro groups is 1. The number of nitrogens with one attached hydrogen (secondary N) is 2. The summed E-state index contributed by atoms with van der Waals surface area (Å²) >= 11 is 6.26. The van der Waals surface area contributed by atoms with E-state index in [-0.39, 0.29) is 5.69 Å². The Morgan fingerprint density at radius 1 is 1.05 bits per heavy atom. The quantitative estimate of drug-likeness (QED) is 0.223. The molecule has 0 fully saturated rings. The number of aliphatic hydroxyl groups is 1. The molecule has 8 nitrogen and oxygen atoms in total. The maximum Gasteiger partial charge on any atom is 0.408 e. The van der Waals surface area contributed by atoms with Gasteiger partial charge >= 0.3 is 6.09 Å². The third kappa shape index (κ3) is 7.68. The van der Waals surface area contributed by atoms with Crippen molar-refractivity contribution in [2.24, 2.45) is 0 Å². The molecule has 3 aromatic rings. The Balaban J connectivity index is 1.82. The van der Waals surface area contributed by atoms with Crippen LogP contribution in [0, 0.1) is 10.1 Å². The number of non-ortho nitro benzene ring substituents is 1. The predicted molar refractivity (Wildman–Crippen MR) is 145 cm³/mol. The number of alkyl carbamates (subject to hydrolysis) is 1. The fraction of sp³-hybridized carbons (Fsp3) is 0.321. The average Bonchev–Trinajstić information content (AvgIpc) is 2.81. The van der Waals surface area contributed by atoms with E-state index in [2.05, 4.69) is 10.6 Å². The molecule has 0 saturated heterocycles. The number of hydrogen-bond donors (Lipinski definition) is 3. The predicted octanol–water partition coefficient (Wildman–Crippen LogP) is 6.70. The monoisotopic (exact) mass is 525 g/mol. The lowest BCUT2D eigenvalue weighted by atomic mass is 9.90. The minimum atomic E-state index is -1.00. The zero-order valence-corrected chi connectivity index (χ0v) is 22.3. The van der Waals surface area contributed by atoms with Crippen LogP contribution in [0.25, 0.3) is 0 Å². The largest absolute Gasteiger partial charge is 0.444 e. The Kier molecular flexibility index (Phi) is 8.46. The number of benzene rings is 3. The molecule has 3 N–H and O–H groups in total. The molecule has 1 amide bonds. The highest BCUT2D eigenvalue weighted by Gasteiger charge is 2.27. The van der Waals surface area contributed by atoms with E-state index in [0.29, 0.717) is 28.4 Å². The molecule has 0 saturated carbocycles. The summed E-state index contributed by atoms with van der Waals surface area (Å²) in [6.07, 6.45) is -1.54. The van der Waals surface area contributed by atoms with Gasteiger partial charge in [-0.15, -0.1) is 0 Å². The summed E-state index contributed by atoms with van der Waals surface area (Å²) in [5.74, 6) is 0. The Morgan fingerprint density at radius 2 is 1.73 bits per heavy atom. The second-order valence-corrected chi connectivity index (χ2v) is 10.7. The minimum absolute atomic E-state index is 0.0234. The van der Waals surface area contributed by atoms with E-state index < -0.39 is 28.3 Å². The number of nitro benzene ring substituents is 1. The number of amides is 1. The lowest BCUT2D eigenvalue weighted by Crippen LogP contribution is -2.43. The van der Waals surface area contributed by atoms with E-state index in [0.717, 1.165) is 11.1 Å². The summed E-state index contributed by atoms with van der Waals surface area (Å²) in [4.78, 5) is 22.8. The van der Waals surface area contributed by atoms with Crippen LogP contribution < -0.4 is 10.6 Å². The van der Waals surface area contributed by atoms with Crippen molar-refractivity contribution in [2.75, 3.05) is 5.32 Å². The SMILES string of the molecule is CC(C)(C)OC(=O)NC(C)(C)c1cccc(C(O)c2cc(Cl)ccc2NCc2ccc([N+](=O)[O-])cc2)c1. The van der Waals surface area contributed by atoms with Crippen LogP contribution in [0.2, 0.25) is 5.02 Å². The molecule has 3 rings (SSSR count). The third-order valence-corrected chi connectivity index (χ3v) is 5.91. The van der Waals surface area contributed by atoms with Crippen molar-refractivity contribution < 1.29 is 19.6 Å². The molecule has 9 heteroatoms. The third-order valence-electron chi connectivity index (χ3n) is 5.68. The summed E-state index contributed by atoms with van der Waals surface area (Å²) in [6.45, 7) is 9.52. The van der Waals surface area contributed by atoms with E-state index in [9.17, 15) is 20.0 Å². The number of rotatable bonds is 8. The van der Waals surface area contributed by atoms with Gasteiger partial charge in [-0.2, -0.15) is 0 Å². The van der Waals surface area contributed by atoms with Crippen LogP contribution >= 0.6 is 11.6 Å². The van der Waals surface area contributed by atoms with Gasteiger partial charge in [-0.1, -0.05) is 48.0 Å². The number of nitrogens with zero attached hydrogens (tertiary/aromatic N) is 1. The molecule has 1 atom stereocenters. The second kappa shape index (κ2) is 11.2. The molecular weight excluding hydrogens is 494 g/mol. The van der Waals surface area contributed by atoms with Gasteiger partial charge in [-0.05, 0) is 69.5 Å². The molecule has 3 aromatic carbocycles. The van der Waals surface area contributed by atoms with Gasteiger partial charge in [-0.3, -0.25) is 10.1 Å². The summed E-state index contributed by atoms with van der Waals surface area (Å²) in [5, 5.41) is 28.9. The van der Waals surface area contributed by atoms with E-state index in [1.807, 2.05) is 32.0 Å². The van der Waals surface area contributed by atoms with Gasteiger partial charge in [0.25, 0.3) is 5.69 Å². The van der Waals surface area contributed by atoms with Crippen LogP contribution in [0.5, 0.6) is 0 Å². The Morgan fingerprint density at radius 3 is 2.35 bits per heavy atom. The van der Waals surface area contributed by atoms with E-state index >= 15 is 0 Å².